The number of nitrogens with one attached hydrogen (secondary N) is 1. The van der Waals surface area contributed by atoms with E-state index >= 15 is 0 Å². The summed E-state index contributed by atoms with van der Waals surface area (Å²) < 4.78 is 0. The highest BCUT2D eigenvalue weighted by atomic mass is 32.2. The molecule has 1 heterocycles. The Kier molecular flexibility index (Phi) is 6.43. The number of rotatable bonds is 5. The van der Waals surface area contributed by atoms with Gasteiger partial charge in [0.2, 0.25) is 0 Å². The molecule has 4 heteroatoms. The quantitative estimate of drug-likeness (QED) is 0.579. The van der Waals surface area contributed by atoms with E-state index < -0.39 is 0 Å². The summed E-state index contributed by atoms with van der Waals surface area (Å²) in [6, 6.07) is 0.470. The maximum Gasteiger partial charge on any atom is 0.0365 e. The van der Waals surface area contributed by atoms with Crippen molar-refractivity contribution < 1.29 is 0 Å². The molecule has 1 rings (SSSR count). The molecule has 0 bridgehead atoms. The van der Waals surface area contributed by atoms with Crippen molar-refractivity contribution in [2.45, 2.75) is 50.2 Å². The Labute approximate surface area is 102 Å². The van der Waals surface area contributed by atoms with Crippen LogP contribution >= 0.6 is 23.5 Å². The minimum atomic E-state index is 0.470. The van der Waals surface area contributed by atoms with Crippen LogP contribution in [0.5, 0.6) is 0 Å². The Morgan fingerprint density at radius 3 is 2.60 bits per heavy atom. The standard InChI is InChI=1S/C11H24N2S2/c1-4-5-8(2)10(13-12)11-9(3)14-6-7-15-11/h8-11,13H,4-7,12H2,1-3H3. The summed E-state index contributed by atoms with van der Waals surface area (Å²) in [6.07, 6.45) is 2.52. The largest absolute Gasteiger partial charge is 0.271 e. The van der Waals surface area contributed by atoms with Gasteiger partial charge in [0.25, 0.3) is 0 Å². The zero-order valence-corrected chi connectivity index (χ0v) is 11.7. The number of hydrazine groups is 1. The Morgan fingerprint density at radius 1 is 1.40 bits per heavy atom. The summed E-state index contributed by atoms with van der Waals surface area (Å²) in [6.45, 7) is 6.90. The number of thioether (sulfide) groups is 2. The van der Waals surface area contributed by atoms with E-state index in [-0.39, 0.29) is 0 Å². The molecular weight excluding hydrogens is 224 g/mol. The Bertz CT molecular complexity index is 178. The molecule has 0 saturated carbocycles. The molecule has 2 nitrogen and oxygen atoms in total. The number of hydrogen-bond acceptors (Lipinski definition) is 4. The summed E-state index contributed by atoms with van der Waals surface area (Å²) >= 11 is 4.18. The van der Waals surface area contributed by atoms with E-state index in [2.05, 4.69) is 49.7 Å². The van der Waals surface area contributed by atoms with Gasteiger partial charge in [0.1, 0.15) is 0 Å². The predicted molar refractivity (Wildman–Crippen MR) is 73.3 cm³/mol. The second kappa shape index (κ2) is 7.05. The minimum Gasteiger partial charge on any atom is -0.271 e. The Morgan fingerprint density at radius 2 is 2.07 bits per heavy atom. The highest BCUT2D eigenvalue weighted by Gasteiger charge is 2.32. The van der Waals surface area contributed by atoms with Crippen LogP contribution in [0.2, 0.25) is 0 Å². The third kappa shape index (κ3) is 3.84. The molecule has 15 heavy (non-hydrogen) atoms. The van der Waals surface area contributed by atoms with Crippen LogP contribution in [0, 0.1) is 5.92 Å². The Hall–Kier alpha value is 0.620. The van der Waals surface area contributed by atoms with Crippen LogP contribution in [0.25, 0.3) is 0 Å². The maximum atomic E-state index is 5.72. The van der Waals surface area contributed by atoms with Crippen LogP contribution in [0.4, 0.5) is 0 Å². The molecule has 1 aliphatic rings. The van der Waals surface area contributed by atoms with Gasteiger partial charge in [0.15, 0.2) is 0 Å². The molecule has 0 aromatic rings. The van der Waals surface area contributed by atoms with E-state index in [1.54, 1.807) is 0 Å². The van der Waals surface area contributed by atoms with Crippen LogP contribution in [-0.2, 0) is 0 Å². The first kappa shape index (κ1) is 13.7. The van der Waals surface area contributed by atoms with E-state index in [1.807, 2.05) is 0 Å². The highest BCUT2D eigenvalue weighted by molar-refractivity contribution is 8.07. The molecule has 90 valence electrons. The molecule has 0 aromatic carbocycles. The number of nitrogens with two attached hydrogens (primary N) is 1. The van der Waals surface area contributed by atoms with E-state index in [4.69, 9.17) is 5.84 Å². The van der Waals surface area contributed by atoms with Crippen molar-refractivity contribution in [1.29, 1.82) is 0 Å². The molecule has 0 radical (unpaired) electrons. The van der Waals surface area contributed by atoms with Crippen molar-refractivity contribution in [3.05, 3.63) is 0 Å². The molecule has 0 aliphatic carbocycles. The normalized spacial score (nSPS) is 31.2. The van der Waals surface area contributed by atoms with Gasteiger partial charge in [-0.3, -0.25) is 11.3 Å². The lowest BCUT2D eigenvalue weighted by Crippen LogP contribution is -2.51. The van der Waals surface area contributed by atoms with Gasteiger partial charge in [-0.1, -0.05) is 27.2 Å². The first-order valence-corrected chi connectivity index (χ1v) is 7.99. The smallest absolute Gasteiger partial charge is 0.0365 e. The second-order valence-corrected chi connectivity index (χ2v) is 7.14. The topological polar surface area (TPSA) is 38.0 Å². The molecule has 3 N–H and O–H groups in total. The monoisotopic (exact) mass is 248 g/mol. The molecular formula is C11H24N2S2. The second-order valence-electron chi connectivity index (χ2n) is 4.37. The van der Waals surface area contributed by atoms with Crippen molar-refractivity contribution in [2.75, 3.05) is 11.5 Å². The highest BCUT2D eigenvalue weighted by Crippen LogP contribution is 2.35. The molecule has 1 aliphatic heterocycles. The molecule has 4 atom stereocenters. The van der Waals surface area contributed by atoms with Gasteiger partial charge >= 0.3 is 0 Å². The molecule has 1 fully saturated rings. The maximum absolute atomic E-state index is 5.72. The van der Waals surface area contributed by atoms with Gasteiger partial charge in [-0.2, -0.15) is 23.5 Å². The lowest BCUT2D eigenvalue weighted by atomic mass is 9.93. The van der Waals surface area contributed by atoms with Gasteiger partial charge in [0, 0.05) is 28.0 Å². The third-order valence-corrected chi connectivity index (χ3v) is 6.36. The van der Waals surface area contributed by atoms with Crippen molar-refractivity contribution >= 4 is 23.5 Å². The van der Waals surface area contributed by atoms with Gasteiger partial charge in [-0.05, 0) is 12.3 Å². The van der Waals surface area contributed by atoms with E-state index in [1.165, 1.54) is 24.3 Å². The lowest BCUT2D eigenvalue weighted by Gasteiger charge is -2.37. The lowest BCUT2D eigenvalue weighted by molar-refractivity contribution is 0.348. The SMILES string of the molecule is CCCC(C)C(NN)C1SCCSC1C. The average Bonchev–Trinajstić information content (AvgIpc) is 2.22. The fourth-order valence-corrected chi connectivity index (χ4v) is 5.33. The molecule has 0 spiro atoms. The zero-order valence-electron chi connectivity index (χ0n) is 10.0. The third-order valence-electron chi connectivity index (χ3n) is 3.14. The fraction of sp³-hybridized carbons (Fsp3) is 1.00. The van der Waals surface area contributed by atoms with Crippen molar-refractivity contribution in [3.63, 3.8) is 0 Å². The van der Waals surface area contributed by atoms with Crippen LogP contribution in [0.15, 0.2) is 0 Å². The van der Waals surface area contributed by atoms with Crippen LogP contribution in [0.3, 0.4) is 0 Å². The fourth-order valence-electron chi connectivity index (χ4n) is 2.26. The summed E-state index contributed by atoms with van der Waals surface area (Å²) in [5.74, 6) is 8.97. The Balaban J connectivity index is 2.54. The van der Waals surface area contributed by atoms with E-state index in [0.717, 1.165) is 5.25 Å². The first-order chi connectivity index (χ1) is 7.20. The van der Waals surface area contributed by atoms with E-state index in [9.17, 15) is 0 Å². The first-order valence-electron chi connectivity index (χ1n) is 5.90. The van der Waals surface area contributed by atoms with Crippen molar-refractivity contribution in [2.24, 2.45) is 11.8 Å². The average molecular weight is 248 g/mol. The molecule has 1 saturated heterocycles. The predicted octanol–water partition coefficient (Wildman–Crippen LogP) is 2.49. The summed E-state index contributed by atoms with van der Waals surface area (Å²) in [5, 5.41) is 1.40. The molecule has 0 amide bonds. The number of hydrogen-bond donors (Lipinski definition) is 2. The van der Waals surface area contributed by atoms with Crippen LogP contribution in [0.1, 0.15) is 33.6 Å². The van der Waals surface area contributed by atoms with Crippen LogP contribution < -0.4 is 11.3 Å². The molecule has 0 aromatic heterocycles. The van der Waals surface area contributed by atoms with E-state index in [0.29, 0.717) is 17.2 Å². The van der Waals surface area contributed by atoms with Gasteiger partial charge in [0.05, 0.1) is 0 Å². The summed E-state index contributed by atoms with van der Waals surface area (Å²) in [7, 11) is 0. The van der Waals surface area contributed by atoms with Crippen LogP contribution in [-0.4, -0.2) is 28.0 Å². The minimum absolute atomic E-state index is 0.470. The summed E-state index contributed by atoms with van der Waals surface area (Å²) in [5.41, 5.74) is 3.05. The van der Waals surface area contributed by atoms with Gasteiger partial charge in [-0.15, -0.1) is 0 Å². The van der Waals surface area contributed by atoms with Crippen molar-refractivity contribution in [1.82, 2.24) is 5.43 Å². The zero-order chi connectivity index (χ0) is 11.3. The van der Waals surface area contributed by atoms with Gasteiger partial charge < -0.3 is 0 Å². The summed E-state index contributed by atoms with van der Waals surface area (Å²) in [4.78, 5) is 0. The van der Waals surface area contributed by atoms with Gasteiger partial charge in [-0.25, -0.2) is 0 Å². The molecule has 4 unspecified atom stereocenters. The van der Waals surface area contributed by atoms with Crippen molar-refractivity contribution in [3.8, 4) is 0 Å².